The van der Waals surface area contributed by atoms with Crippen LogP contribution in [0.5, 0.6) is 0 Å². The third-order valence-corrected chi connectivity index (χ3v) is 4.31. The van der Waals surface area contributed by atoms with Gasteiger partial charge in [-0.15, -0.1) is 0 Å². The first-order valence-corrected chi connectivity index (χ1v) is 7.27. The summed E-state index contributed by atoms with van der Waals surface area (Å²) in [5.74, 6) is -0.614. The molecule has 0 aliphatic carbocycles. The van der Waals surface area contributed by atoms with Gasteiger partial charge in [0.2, 0.25) is 0 Å². The van der Waals surface area contributed by atoms with Gasteiger partial charge in [-0.3, -0.25) is 0 Å². The summed E-state index contributed by atoms with van der Waals surface area (Å²) in [6.07, 6.45) is -8.36. The van der Waals surface area contributed by atoms with Gasteiger partial charge in [-0.1, -0.05) is 6.92 Å². The van der Waals surface area contributed by atoms with E-state index in [0.717, 1.165) is 0 Å². The minimum absolute atomic E-state index is 0.442. The van der Waals surface area contributed by atoms with E-state index in [1.165, 1.54) is 0 Å². The molecule has 9 nitrogen and oxygen atoms in total. The summed E-state index contributed by atoms with van der Waals surface area (Å²) in [7, 11) is 0. The Morgan fingerprint density at radius 1 is 0.773 bits per heavy atom. The van der Waals surface area contributed by atoms with Crippen molar-refractivity contribution in [2.24, 2.45) is 5.92 Å². The molecule has 0 aromatic carbocycles. The van der Waals surface area contributed by atoms with Gasteiger partial charge in [0.05, 0.1) is 25.9 Å². The Morgan fingerprint density at radius 3 is 1.86 bits per heavy atom. The molecule has 0 unspecified atom stereocenters. The fourth-order valence-corrected chi connectivity index (χ4v) is 2.82. The molecule has 9 atom stereocenters. The molecule has 6 N–H and O–H groups in total. The maximum absolute atomic E-state index is 10.1. The highest BCUT2D eigenvalue weighted by Crippen LogP contribution is 2.31. The standard InChI is InChI=1S/C13H24O9/c1-5-9(17)6(2-14)21-13(10(5)18)22-12-8(4-16)20-7(3-15)11(12)19/h5-19H,2-4H2,1H3/t5-,6-,7+,8+,9-,10+,11+,12+,13-/m0/s1. The van der Waals surface area contributed by atoms with Crippen molar-refractivity contribution in [1.29, 1.82) is 0 Å². The van der Waals surface area contributed by atoms with Crippen LogP contribution in [-0.2, 0) is 14.2 Å². The minimum Gasteiger partial charge on any atom is -0.394 e. The van der Waals surface area contributed by atoms with E-state index in [-0.39, 0.29) is 0 Å². The van der Waals surface area contributed by atoms with Crippen molar-refractivity contribution in [3.8, 4) is 0 Å². The van der Waals surface area contributed by atoms with Crippen molar-refractivity contribution in [1.82, 2.24) is 0 Å². The van der Waals surface area contributed by atoms with Gasteiger partial charge in [-0.25, -0.2) is 0 Å². The minimum atomic E-state index is -1.20. The van der Waals surface area contributed by atoms with Crippen LogP contribution in [0.15, 0.2) is 0 Å². The lowest BCUT2D eigenvalue weighted by molar-refractivity contribution is -0.307. The summed E-state index contributed by atoms with van der Waals surface area (Å²) in [5, 5.41) is 57.6. The zero-order chi connectivity index (χ0) is 16.4. The summed E-state index contributed by atoms with van der Waals surface area (Å²) < 4.78 is 16.1. The third-order valence-electron chi connectivity index (χ3n) is 4.31. The van der Waals surface area contributed by atoms with Crippen LogP contribution >= 0.6 is 0 Å². The Labute approximate surface area is 127 Å². The summed E-state index contributed by atoms with van der Waals surface area (Å²) in [4.78, 5) is 0. The first-order chi connectivity index (χ1) is 10.4. The van der Waals surface area contributed by atoms with Gasteiger partial charge in [-0.05, 0) is 0 Å². The van der Waals surface area contributed by atoms with Crippen LogP contribution in [0.4, 0.5) is 0 Å². The molecule has 130 valence electrons. The molecule has 0 bridgehead atoms. The zero-order valence-corrected chi connectivity index (χ0v) is 12.2. The molecular formula is C13H24O9. The van der Waals surface area contributed by atoms with Crippen molar-refractivity contribution in [2.75, 3.05) is 19.8 Å². The molecule has 2 aliphatic rings. The van der Waals surface area contributed by atoms with E-state index in [1.54, 1.807) is 6.92 Å². The highest BCUT2D eigenvalue weighted by Gasteiger charge is 2.49. The van der Waals surface area contributed by atoms with E-state index in [9.17, 15) is 25.5 Å². The Balaban J connectivity index is 2.07. The van der Waals surface area contributed by atoms with Crippen LogP contribution in [0, 0.1) is 5.92 Å². The molecule has 2 saturated heterocycles. The second-order valence-electron chi connectivity index (χ2n) is 5.74. The van der Waals surface area contributed by atoms with Gasteiger partial charge < -0.3 is 44.8 Å². The Morgan fingerprint density at radius 2 is 1.32 bits per heavy atom. The average molecular weight is 324 g/mol. The van der Waals surface area contributed by atoms with Gasteiger partial charge >= 0.3 is 0 Å². The summed E-state index contributed by atoms with van der Waals surface area (Å²) >= 11 is 0. The number of ether oxygens (including phenoxy) is 3. The smallest absolute Gasteiger partial charge is 0.184 e. The Kier molecular flexibility index (Phi) is 6.11. The van der Waals surface area contributed by atoms with Crippen LogP contribution in [0.1, 0.15) is 6.92 Å². The van der Waals surface area contributed by atoms with Crippen molar-refractivity contribution in [2.45, 2.75) is 55.9 Å². The van der Waals surface area contributed by atoms with Crippen molar-refractivity contribution < 1.29 is 44.8 Å². The van der Waals surface area contributed by atoms with E-state index in [0.29, 0.717) is 0 Å². The summed E-state index contributed by atoms with van der Waals surface area (Å²) in [6.45, 7) is 0.242. The lowest BCUT2D eigenvalue weighted by Crippen LogP contribution is -2.57. The number of hydrogen-bond donors (Lipinski definition) is 6. The molecule has 0 aromatic rings. The molecule has 0 radical (unpaired) electrons. The lowest BCUT2D eigenvalue weighted by atomic mass is 9.91. The molecule has 2 fully saturated rings. The van der Waals surface area contributed by atoms with Crippen LogP contribution in [-0.4, -0.2) is 99.5 Å². The molecule has 2 rings (SSSR count). The fourth-order valence-electron chi connectivity index (χ4n) is 2.82. The van der Waals surface area contributed by atoms with Crippen molar-refractivity contribution in [3.63, 3.8) is 0 Å². The third kappa shape index (κ3) is 3.28. The number of hydrogen-bond acceptors (Lipinski definition) is 9. The van der Waals surface area contributed by atoms with Gasteiger partial charge in [0.25, 0.3) is 0 Å². The lowest BCUT2D eigenvalue weighted by Gasteiger charge is -2.42. The maximum atomic E-state index is 10.1. The Bertz CT molecular complexity index is 350. The molecule has 0 saturated carbocycles. The molecule has 0 amide bonds. The predicted octanol–water partition coefficient (Wildman–Crippen LogP) is -3.44. The number of aliphatic hydroxyl groups is 6. The van der Waals surface area contributed by atoms with Crippen LogP contribution in [0.25, 0.3) is 0 Å². The monoisotopic (exact) mass is 324 g/mol. The first-order valence-electron chi connectivity index (χ1n) is 7.27. The molecule has 2 aliphatic heterocycles. The summed E-state index contributed by atoms with van der Waals surface area (Å²) in [6, 6.07) is 0. The molecule has 9 heteroatoms. The molecule has 0 spiro atoms. The van der Waals surface area contributed by atoms with E-state index in [2.05, 4.69) is 0 Å². The van der Waals surface area contributed by atoms with Gasteiger partial charge in [0.15, 0.2) is 6.29 Å². The second-order valence-corrected chi connectivity index (χ2v) is 5.74. The largest absolute Gasteiger partial charge is 0.394 e. The normalized spacial score (nSPS) is 49.5. The predicted molar refractivity (Wildman–Crippen MR) is 70.6 cm³/mol. The van der Waals surface area contributed by atoms with E-state index < -0.39 is 74.8 Å². The maximum Gasteiger partial charge on any atom is 0.184 e. The highest BCUT2D eigenvalue weighted by molar-refractivity contribution is 4.93. The molecular weight excluding hydrogens is 300 g/mol. The molecule has 22 heavy (non-hydrogen) atoms. The SMILES string of the molecule is C[C@@H]1[C@@H](O)[C@H](O[C@H]2[C@H](O)[C@@H](CO)O[C@@H]2CO)O[C@@H](CO)[C@H]1O. The number of rotatable bonds is 5. The average Bonchev–Trinajstić information content (AvgIpc) is 2.83. The van der Waals surface area contributed by atoms with E-state index in [4.69, 9.17) is 19.3 Å². The van der Waals surface area contributed by atoms with Crippen LogP contribution in [0.3, 0.4) is 0 Å². The fraction of sp³-hybridized carbons (Fsp3) is 1.00. The van der Waals surface area contributed by atoms with Gasteiger partial charge in [0, 0.05) is 5.92 Å². The first kappa shape index (κ1) is 18.0. The highest BCUT2D eigenvalue weighted by atomic mass is 16.7. The topological polar surface area (TPSA) is 149 Å². The second kappa shape index (κ2) is 7.47. The Hall–Kier alpha value is -0.360. The van der Waals surface area contributed by atoms with Gasteiger partial charge in [0.1, 0.15) is 36.6 Å². The molecule has 2 heterocycles. The summed E-state index contributed by atoms with van der Waals surface area (Å²) in [5.41, 5.74) is 0. The van der Waals surface area contributed by atoms with Crippen molar-refractivity contribution >= 4 is 0 Å². The van der Waals surface area contributed by atoms with Crippen molar-refractivity contribution in [3.05, 3.63) is 0 Å². The zero-order valence-electron chi connectivity index (χ0n) is 12.2. The number of aliphatic hydroxyl groups excluding tert-OH is 6. The molecule has 0 aromatic heterocycles. The van der Waals surface area contributed by atoms with Crippen LogP contribution in [0.2, 0.25) is 0 Å². The van der Waals surface area contributed by atoms with E-state index in [1.807, 2.05) is 0 Å². The van der Waals surface area contributed by atoms with Crippen LogP contribution < -0.4 is 0 Å². The van der Waals surface area contributed by atoms with E-state index >= 15 is 0 Å². The van der Waals surface area contributed by atoms with Gasteiger partial charge in [-0.2, -0.15) is 0 Å². The quantitative estimate of drug-likeness (QED) is 0.304.